The zero-order valence-corrected chi connectivity index (χ0v) is 12.6. The number of nitrogens with zero attached hydrogens (tertiary/aromatic N) is 2. The number of amides is 4. The first-order chi connectivity index (χ1) is 9.97. The van der Waals surface area contributed by atoms with Crippen LogP contribution >= 0.6 is 0 Å². The number of likely N-dealkylation sites (N-methyl/N-ethyl adjacent to an activating group) is 1. The van der Waals surface area contributed by atoms with Crippen molar-refractivity contribution in [2.75, 3.05) is 26.7 Å². The average molecular weight is 296 g/mol. The average Bonchev–Trinajstić information content (AvgIpc) is 2.99. The number of hydrogen-bond acceptors (Lipinski definition) is 4. The Morgan fingerprint density at radius 3 is 2.52 bits per heavy atom. The quantitative estimate of drug-likeness (QED) is 0.677. The molecule has 1 aliphatic heterocycles. The molecule has 0 radical (unpaired) electrons. The van der Waals surface area contributed by atoms with Crippen LogP contribution in [0.15, 0.2) is 0 Å². The third-order valence-corrected chi connectivity index (χ3v) is 4.37. The van der Waals surface area contributed by atoms with Crippen molar-refractivity contribution in [3.8, 4) is 0 Å². The second-order valence-corrected chi connectivity index (χ2v) is 6.03. The molecule has 0 spiro atoms. The zero-order chi connectivity index (χ0) is 15.5. The van der Waals surface area contributed by atoms with E-state index in [1.807, 2.05) is 0 Å². The monoisotopic (exact) mass is 296 g/mol. The van der Waals surface area contributed by atoms with E-state index in [4.69, 9.17) is 5.73 Å². The van der Waals surface area contributed by atoms with Crippen molar-refractivity contribution in [1.82, 2.24) is 15.1 Å². The van der Waals surface area contributed by atoms with Crippen molar-refractivity contribution in [2.24, 2.45) is 5.73 Å². The van der Waals surface area contributed by atoms with Gasteiger partial charge < -0.3 is 16.0 Å². The number of nitrogens with two attached hydrogens (primary N) is 1. The van der Waals surface area contributed by atoms with Crippen LogP contribution in [0.4, 0.5) is 4.79 Å². The second kappa shape index (κ2) is 6.43. The van der Waals surface area contributed by atoms with E-state index in [1.165, 1.54) is 9.80 Å². The Morgan fingerprint density at radius 2 is 2.00 bits per heavy atom. The zero-order valence-electron chi connectivity index (χ0n) is 12.6. The van der Waals surface area contributed by atoms with Gasteiger partial charge in [-0.25, -0.2) is 4.79 Å². The van der Waals surface area contributed by atoms with Gasteiger partial charge in [0, 0.05) is 26.6 Å². The first-order valence-electron chi connectivity index (χ1n) is 7.54. The van der Waals surface area contributed by atoms with Crippen LogP contribution in [0.3, 0.4) is 0 Å². The molecule has 3 N–H and O–H groups in total. The molecule has 0 bridgehead atoms. The number of carbonyl (C=O) groups is 3. The lowest BCUT2D eigenvalue weighted by molar-refractivity contribution is -0.126. The fourth-order valence-corrected chi connectivity index (χ4v) is 3.08. The van der Waals surface area contributed by atoms with E-state index in [0.29, 0.717) is 25.9 Å². The van der Waals surface area contributed by atoms with Crippen LogP contribution in [0, 0.1) is 0 Å². The van der Waals surface area contributed by atoms with Gasteiger partial charge >= 0.3 is 6.03 Å². The topological polar surface area (TPSA) is 95.7 Å². The molecule has 1 heterocycles. The number of urea groups is 1. The molecule has 1 aliphatic carbocycles. The number of imide groups is 1. The molecule has 1 saturated heterocycles. The predicted molar refractivity (Wildman–Crippen MR) is 77.4 cm³/mol. The molecule has 2 fully saturated rings. The standard InChI is InChI=1S/C14H24N4O3/c1-17-9-12(20)18(13(17)21)8-4-5-11(19)16-14(10-15)6-2-3-7-14/h2-10,15H2,1H3,(H,16,19). The summed E-state index contributed by atoms with van der Waals surface area (Å²) in [6.45, 7) is 0.888. The van der Waals surface area contributed by atoms with Crippen molar-refractivity contribution in [2.45, 2.75) is 44.1 Å². The van der Waals surface area contributed by atoms with Crippen LogP contribution in [0.1, 0.15) is 38.5 Å². The Morgan fingerprint density at radius 1 is 1.33 bits per heavy atom. The highest BCUT2D eigenvalue weighted by Crippen LogP contribution is 2.28. The number of rotatable bonds is 6. The molecule has 0 aromatic rings. The molecule has 0 aromatic heterocycles. The van der Waals surface area contributed by atoms with Crippen molar-refractivity contribution in [3.63, 3.8) is 0 Å². The molecule has 7 heteroatoms. The molecule has 1 saturated carbocycles. The summed E-state index contributed by atoms with van der Waals surface area (Å²) in [6.07, 6.45) is 4.85. The third kappa shape index (κ3) is 3.53. The maximum absolute atomic E-state index is 12.0. The minimum absolute atomic E-state index is 0.0465. The largest absolute Gasteiger partial charge is 0.349 e. The van der Waals surface area contributed by atoms with Crippen molar-refractivity contribution < 1.29 is 14.4 Å². The second-order valence-electron chi connectivity index (χ2n) is 6.03. The summed E-state index contributed by atoms with van der Waals surface area (Å²) in [6, 6.07) is -0.283. The van der Waals surface area contributed by atoms with Crippen molar-refractivity contribution >= 4 is 17.8 Å². The van der Waals surface area contributed by atoms with Crippen LogP contribution in [0.25, 0.3) is 0 Å². The summed E-state index contributed by atoms with van der Waals surface area (Å²) in [7, 11) is 1.60. The summed E-state index contributed by atoms with van der Waals surface area (Å²) in [5.41, 5.74) is 5.54. The molecular weight excluding hydrogens is 272 g/mol. The summed E-state index contributed by atoms with van der Waals surface area (Å²) < 4.78 is 0. The highest BCUT2D eigenvalue weighted by atomic mass is 16.2. The van der Waals surface area contributed by atoms with Gasteiger partial charge in [0.1, 0.15) is 6.54 Å². The van der Waals surface area contributed by atoms with Crippen LogP contribution in [-0.4, -0.2) is 59.9 Å². The van der Waals surface area contributed by atoms with Gasteiger partial charge in [0.15, 0.2) is 0 Å². The number of carbonyl (C=O) groups excluding carboxylic acids is 3. The molecule has 0 atom stereocenters. The van der Waals surface area contributed by atoms with Gasteiger partial charge in [-0.05, 0) is 19.3 Å². The van der Waals surface area contributed by atoms with Gasteiger partial charge in [-0.2, -0.15) is 0 Å². The molecule has 118 valence electrons. The predicted octanol–water partition coefficient (Wildman–Crippen LogP) is 0.0483. The van der Waals surface area contributed by atoms with Gasteiger partial charge in [0.2, 0.25) is 11.8 Å². The van der Waals surface area contributed by atoms with Gasteiger partial charge in [-0.3, -0.25) is 14.5 Å². The minimum Gasteiger partial charge on any atom is -0.349 e. The maximum atomic E-state index is 12.0. The van der Waals surface area contributed by atoms with E-state index < -0.39 is 0 Å². The summed E-state index contributed by atoms with van der Waals surface area (Å²) in [5.74, 6) is -0.244. The fourth-order valence-electron chi connectivity index (χ4n) is 3.08. The van der Waals surface area contributed by atoms with Gasteiger partial charge in [0.05, 0.1) is 5.54 Å². The smallest absolute Gasteiger partial charge is 0.326 e. The van der Waals surface area contributed by atoms with E-state index in [-0.39, 0.29) is 29.9 Å². The summed E-state index contributed by atoms with van der Waals surface area (Å²) in [4.78, 5) is 37.9. The molecule has 0 aromatic carbocycles. The van der Waals surface area contributed by atoms with Gasteiger partial charge in [0.25, 0.3) is 0 Å². The first-order valence-corrected chi connectivity index (χ1v) is 7.54. The van der Waals surface area contributed by atoms with E-state index in [2.05, 4.69) is 5.32 Å². The highest BCUT2D eigenvalue weighted by molar-refractivity contribution is 6.01. The molecule has 2 aliphatic rings. The molecule has 0 unspecified atom stereocenters. The molecule has 21 heavy (non-hydrogen) atoms. The van der Waals surface area contributed by atoms with Crippen LogP contribution < -0.4 is 11.1 Å². The first kappa shape index (κ1) is 15.8. The van der Waals surface area contributed by atoms with Crippen molar-refractivity contribution in [1.29, 1.82) is 0 Å². The Labute approximate surface area is 124 Å². The number of nitrogens with one attached hydrogen (secondary N) is 1. The maximum Gasteiger partial charge on any atom is 0.326 e. The molecule has 4 amide bonds. The summed E-state index contributed by atoms with van der Waals surface area (Å²) in [5, 5.41) is 3.04. The number of hydrogen-bond donors (Lipinski definition) is 2. The Bertz CT molecular complexity index is 432. The third-order valence-electron chi connectivity index (χ3n) is 4.37. The molecular formula is C14H24N4O3. The Hall–Kier alpha value is -1.63. The molecule has 2 rings (SSSR count). The minimum atomic E-state index is -0.283. The normalized spacial score (nSPS) is 21.2. The molecule has 7 nitrogen and oxygen atoms in total. The lowest BCUT2D eigenvalue weighted by Gasteiger charge is -2.28. The highest BCUT2D eigenvalue weighted by Gasteiger charge is 2.35. The van der Waals surface area contributed by atoms with E-state index >= 15 is 0 Å². The lowest BCUT2D eigenvalue weighted by atomic mass is 9.97. The fraction of sp³-hybridized carbons (Fsp3) is 0.786. The van der Waals surface area contributed by atoms with Crippen LogP contribution in [0.5, 0.6) is 0 Å². The van der Waals surface area contributed by atoms with Crippen LogP contribution in [0.2, 0.25) is 0 Å². The Balaban J connectivity index is 1.74. The summed E-state index contributed by atoms with van der Waals surface area (Å²) >= 11 is 0. The SMILES string of the molecule is CN1CC(=O)N(CCCC(=O)NC2(CN)CCCC2)C1=O. The van der Waals surface area contributed by atoms with Gasteiger partial charge in [-0.15, -0.1) is 0 Å². The Kier molecular flexibility index (Phi) is 4.82. The van der Waals surface area contributed by atoms with Crippen LogP contribution in [-0.2, 0) is 9.59 Å². The van der Waals surface area contributed by atoms with Gasteiger partial charge in [-0.1, -0.05) is 12.8 Å². The van der Waals surface area contributed by atoms with Crippen molar-refractivity contribution in [3.05, 3.63) is 0 Å². The lowest BCUT2D eigenvalue weighted by Crippen LogP contribution is -2.51. The van der Waals surface area contributed by atoms with E-state index in [1.54, 1.807) is 7.05 Å². The van der Waals surface area contributed by atoms with E-state index in [0.717, 1.165) is 25.7 Å². The van der Waals surface area contributed by atoms with E-state index in [9.17, 15) is 14.4 Å².